The lowest BCUT2D eigenvalue weighted by atomic mass is 9.97. The third kappa shape index (κ3) is 2.03. The maximum absolute atomic E-state index is 10.1. The highest BCUT2D eigenvalue weighted by atomic mass is 16.5. The number of aldehydes is 1. The van der Waals surface area contributed by atoms with Gasteiger partial charge in [0.1, 0.15) is 12.4 Å². The molecule has 0 aliphatic carbocycles. The van der Waals surface area contributed by atoms with E-state index in [1.165, 1.54) is 0 Å². The zero-order valence-electron chi connectivity index (χ0n) is 7.01. The lowest BCUT2D eigenvalue weighted by Crippen LogP contribution is -2.46. The average molecular weight is 174 g/mol. The van der Waals surface area contributed by atoms with Crippen molar-refractivity contribution in [2.45, 2.75) is 44.2 Å². The highest BCUT2D eigenvalue weighted by molar-refractivity contribution is 5.50. The van der Waals surface area contributed by atoms with Crippen LogP contribution in [0.25, 0.3) is 0 Å². The molecule has 0 bridgehead atoms. The standard InChI is InChI=1S/C8H14O4/c1-5-8(11)7(10)4-6(12-5)2-3-9/h3,5-8,10-11H,2,4H2,1H3/t5?,6?,7?,8-/m0/s1. The van der Waals surface area contributed by atoms with Crippen molar-refractivity contribution in [1.29, 1.82) is 0 Å². The first-order valence-electron chi connectivity index (χ1n) is 4.10. The van der Waals surface area contributed by atoms with Crippen LogP contribution in [0.2, 0.25) is 0 Å². The van der Waals surface area contributed by atoms with Crippen molar-refractivity contribution in [1.82, 2.24) is 0 Å². The van der Waals surface area contributed by atoms with Crippen LogP contribution in [0.5, 0.6) is 0 Å². The zero-order valence-corrected chi connectivity index (χ0v) is 7.01. The summed E-state index contributed by atoms with van der Waals surface area (Å²) in [5.74, 6) is 0. The number of hydrogen-bond acceptors (Lipinski definition) is 4. The molecular weight excluding hydrogens is 160 g/mol. The van der Waals surface area contributed by atoms with E-state index in [0.29, 0.717) is 6.42 Å². The summed E-state index contributed by atoms with van der Waals surface area (Å²) in [6.45, 7) is 1.69. The number of aliphatic hydroxyl groups is 2. The predicted molar refractivity (Wildman–Crippen MR) is 41.6 cm³/mol. The number of hydrogen-bond donors (Lipinski definition) is 2. The van der Waals surface area contributed by atoms with E-state index in [-0.39, 0.29) is 12.5 Å². The molecule has 0 radical (unpaired) electrons. The van der Waals surface area contributed by atoms with Crippen molar-refractivity contribution in [2.24, 2.45) is 0 Å². The van der Waals surface area contributed by atoms with E-state index in [0.717, 1.165) is 6.29 Å². The van der Waals surface area contributed by atoms with Gasteiger partial charge in [-0.15, -0.1) is 0 Å². The van der Waals surface area contributed by atoms with Gasteiger partial charge < -0.3 is 19.7 Å². The SMILES string of the molecule is CC1OC(CC=O)CC(O)[C@H]1O. The quantitative estimate of drug-likeness (QED) is 0.552. The second kappa shape index (κ2) is 3.98. The summed E-state index contributed by atoms with van der Waals surface area (Å²) in [5, 5.41) is 18.6. The molecule has 1 aliphatic heterocycles. The Balaban J connectivity index is 2.47. The molecule has 2 N–H and O–H groups in total. The second-order valence-electron chi connectivity index (χ2n) is 3.16. The monoisotopic (exact) mass is 174 g/mol. The molecule has 0 aromatic carbocycles. The molecule has 0 saturated carbocycles. The van der Waals surface area contributed by atoms with Crippen LogP contribution >= 0.6 is 0 Å². The Morgan fingerprint density at radius 1 is 1.58 bits per heavy atom. The van der Waals surface area contributed by atoms with Crippen molar-refractivity contribution in [3.8, 4) is 0 Å². The van der Waals surface area contributed by atoms with E-state index in [2.05, 4.69) is 0 Å². The Morgan fingerprint density at radius 2 is 2.25 bits per heavy atom. The third-order valence-corrected chi connectivity index (χ3v) is 2.15. The zero-order chi connectivity index (χ0) is 9.14. The third-order valence-electron chi connectivity index (χ3n) is 2.15. The molecule has 4 heteroatoms. The number of aliphatic hydroxyl groups excluding tert-OH is 2. The van der Waals surface area contributed by atoms with Crippen molar-refractivity contribution in [2.75, 3.05) is 0 Å². The highest BCUT2D eigenvalue weighted by Crippen LogP contribution is 2.21. The topological polar surface area (TPSA) is 66.8 Å². The summed E-state index contributed by atoms with van der Waals surface area (Å²) < 4.78 is 5.27. The first kappa shape index (κ1) is 9.64. The van der Waals surface area contributed by atoms with E-state index in [1.54, 1.807) is 6.92 Å². The van der Waals surface area contributed by atoms with Crippen LogP contribution in [0.1, 0.15) is 19.8 Å². The summed E-state index contributed by atoms with van der Waals surface area (Å²) >= 11 is 0. The van der Waals surface area contributed by atoms with Crippen LogP contribution in [-0.4, -0.2) is 40.9 Å². The molecule has 1 rings (SSSR count). The van der Waals surface area contributed by atoms with E-state index >= 15 is 0 Å². The van der Waals surface area contributed by atoms with Gasteiger partial charge in [-0.1, -0.05) is 0 Å². The number of carbonyl (C=O) groups is 1. The summed E-state index contributed by atoms with van der Waals surface area (Å²) in [6.07, 6.45) is -0.832. The van der Waals surface area contributed by atoms with Crippen molar-refractivity contribution >= 4 is 6.29 Å². The summed E-state index contributed by atoms with van der Waals surface area (Å²) in [4.78, 5) is 10.1. The van der Waals surface area contributed by atoms with Crippen LogP contribution in [-0.2, 0) is 9.53 Å². The number of rotatable bonds is 2. The fraction of sp³-hybridized carbons (Fsp3) is 0.875. The Bertz CT molecular complexity index is 147. The maximum atomic E-state index is 10.1. The van der Waals surface area contributed by atoms with Gasteiger partial charge in [0.05, 0.1) is 18.3 Å². The van der Waals surface area contributed by atoms with Crippen molar-refractivity contribution < 1.29 is 19.7 Å². The molecule has 0 amide bonds. The first-order valence-corrected chi connectivity index (χ1v) is 4.10. The molecule has 1 heterocycles. The van der Waals surface area contributed by atoms with Gasteiger partial charge in [-0.2, -0.15) is 0 Å². The summed E-state index contributed by atoms with van der Waals surface area (Å²) in [6, 6.07) is 0. The molecule has 3 unspecified atom stereocenters. The Hall–Kier alpha value is -0.450. The molecule has 0 aromatic heterocycles. The molecule has 12 heavy (non-hydrogen) atoms. The highest BCUT2D eigenvalue weighted by Gasteiger charge is 2.33. The molecule has 4 atom stereocenters. The van der Waals surface area contributed by atoms with Gasteiger partial charge >= 0.3 is 0 Å². The van der Waals surface area contributed by atoms with Gasteiger partial charge in [-0.25, -0.2) is 0 Å². The average Bonchev–Trinajstić information content (AvgIpc) is 2.01. The summed E-state index contributed by atoms with van der Waals surface area (Å²) in [7, 11) is 0. The Labute approximate surface area is 71.2 Å². The molecule has 1 fully saturated rings. The first-order chi connectivity index (χ1) is 5.65. The summed E-state index contributed by atoms with van der Waals surface area (Å²) in [5.41, 5.74) is 0. The van der Waals surface area contributed by atoms with Crippen molar-refractivity contribution in [3.63, 3.8) is 0 Å². The smallest absolute Gasteiger partial charge is 0.122 e. The lowest BCUT2D eigenvalue weighted by molar-refractivity contribution is -0.163. The van der Waals surface area contributed by atoms with Crippen LogP contribution in [0.4, 0.5) is 0 Å². The van der Waals surface area contributed by atoms with E-state index in [1.807, 2.05) is 0 Å². The second-order valence-corrected chi connectivity index (χ2v) is 3.16. The normalized spacial score (nSPS) is 42.6. The predicted octanol–water partition coefficient (Wildman–Crippen LogP) is -0.525. The molecule has 0 aromatic rings. The van der Waals surface area contributed by atoms with E-state index in [9.17, 15) is 15.0 Å². The molecule has 1 saturated heterocycles. The van der Waals surface area contributed by atoms with Crippen LogP contribution < -0.4 is 0 Å². The fourth-order valence-corrected chi connectivity index (χ4v) is 1.42. The van der Waals surface area contributed by atoms with Gasteiger partial charge in [-0.05, 0) is 6.92 Å². The minimum Gasteiger partial charge on any atom is -0.390 e. The van der Waals surface area contributed by atoms with Gasteiger partial charge in [0.15, 0.2) is 0 Å². The van der Waals surface area contributed by atoms with Gasteiger partial charge in [0.25, 0.3) is 0 Å². The molecule has 4 nitrogen and oxygen atoms in total. The van der Waals surface area contributed by atoms with Gasteiger partial charge in [0, 0.05) is 12.8 Å². The number of carbonyl (C=O) groups excluding carboxylic acids is 1. The molecule has 0 spiro atoms. The largest absolute Gasteiger partial charge is 0.390 e. The molecular formula is C8H14O4. The lowest BCUT2D eigenvalue weighted by Gasteiger charge is -2.34. The van der Waals surface area contributed by atoms with Crippen molar-refractivity contribution in [3.05, 3.63) is 0 Å². The van der Waals surface area contributed by atoms with Gasteiger partial charge in [-0.3, -0.25) is 0 Å². The van der Waals surface area contributed by atoms with Crippen LogP contribution in [0, 0.1) is 0 Å². The van der Waals surface area contributed by atoms with Crippen LogP contribution in [0.15, 0.2) is 0 Å². The molecule has 1 aliphatic rings. The fourth-order valence-electron chi connectivity index (χ4n) is 1.42. The van der Waals surface area contributed by atoms with E-state index < -0.39 is 18.3 Å². The number of ether oxygens (including phenoxy) is 1. The molecule has 70 valence electrons. The van der Waals surface area contributed by atoms with Gasteiger partial charge in [0.2, 0.25) is 0 Å². The van der Waals surface area contributed by atoms with Crippen LogP contribution in [0.3, 0.4) is 0 Å². The minimum absolute atomic E-state index is 0.240. The van der Waals surface area contributed by atoms with E-state index in [4.69, 9.17) is 4.74 Å². The Kier molecular flexibility index (Phi) is 3.20. The minimum atomic E-state index is -0.826. The maximum Gasteiger partial charge on any atom is 0.122 e. The Morgan fingerprint density at radius 3 is 2.75 bits per heavy atom.